The van der Waals surface area contributed by atoms with Gasteiger partial charge in [-0.2, -0.15) is 0 Å². The Balaban J connectivity index is 2.36. The number of aromatic nitrogens is 2. The van der Waals surface area contributed by atoms with Crippen LogP contribution in [0.1, 0.15) is 58.8 Å². The molecule has 0 spiro atoms. The monoisotopic (exact) mass is 350 g/mol. The third-order valence-electron chi connectivity index (χ3n) is 4.00. The summed E-state index contributed by atoms with van der Waals surface area (Å²) in [5, 5.41) is 0. The maximum atomic E-state index is 12.3. The van der Waals surface area contributed by atoms with Gasteiger partial charge in [0.15, 0.2) is 0 Å². The first-order chi connectivity index (χ1) is 12.0. The van der Waals surface area contributed by atoms with Gasteiger partial charge in [-0.05, 0) is 32.6 Å². The normalized spacial score (nSPS) is 10.6. The summed E-state index contributed by atoms with van der Waals surface area (Å²) in [5.41, 5.74) is -0.0379. The SMILES string of the molecule is C=C(C)C(=O)OCCCCCCn1ccc(=O)n(CCCCC)c1=O. The Hall–Kier alpha value is -2.11. The second-order valence-corrected chi connectivity index (χ2v) is 6.32. The molecule has 0 unspecified atom stereocenters. The number of aryl methyl sites for hydroxylation is 1. The largest absolute Gasteiger partial charge is 0.462 e. The average Bonchev–Trinajstić information content (AvgIpc) is 2.58. The molecule has 0 radical (unpaired) electrons. The molecule has 1 rings (SSSR count). The smallest absolute Gasteiger partial charge is 0.333 e. The second kappa shape index (κ2) is 11.4. The Morgan fingerprint density at radius 1 is 1.08 bits per heavy atom. The zero-order chi connectivity index (χ0) is 18.7. The highest BCUT2D eigenvalue weighted by Gasteiger charge is 2.05. The molecule has 0 fully saturated rings. The van der Waals surface area contributed by atoms with Crippen molar-refractivity contribution in [3.8, 4) is 0 Å². The van der Waals surface area contributed by atoms with Gasteiger partial charge in [0.2, 0.25) is 0 Å². The number of hydrogen-bond acceptors (Lipinski definition) is 4. The van der Waals surface area contributed by atoms with E-state index in [1.807, 2.05) is 0 Å². The van der Waals surface area contributed by atoms with Crippen molar-refractivity contribution in [3.63, 3.8) is 0 Å². The zero-order valence-electron chi connectivity index (χ0n) is 15.5. The Bertz CT molecular complexity index is 673. The second-order valence-electron chi connectivity index (χ2n) is 6.32. The number of esters is 1. The highest BCUT2D eigenvalue weighted by Crippen LogP contribution is 2.03. The number of rotatable bonds is 12. The summed E-state index contributed by atoms with van der Waals surface area (Å²) in [6.45, 7) is 8.73. The van der Waals surface area contributed by atoms with Gasteiger partial charge in [-0.1, -0.05) is 32.8 Å². The van der Waals surface area contributed by atoms with Crippen LogP contribution in [0.5, 0.6) is 0 Å². The summed E-state index contributed by atoms with van der Waals surface area (Å²) < 4.78 is 7.96. The van der Waals surface area contributed by atoms with Crippen molar-refractivity contribution < 1.29 is 9.53 Å². The predicted molar refractivity (Wildman–Crippen MR) is 98.7 cm³/mol. The van der Waals surface area contributed by atoms with Crippen molar-refractivity contribution in [1.29, 1.82) is 0 Å². The number of ether oxygens (including phenoxy) is 1. The topological polar surface area (TPSA) is 70.3 Å². The third-order valence-corrected chi connectivity index (χ3v) is 4.00. The lowest BCUT2D eigenvalue weighted by Crippen LogP contribution is -2.39. The van der Waals surface area contributed by atoms with Gasteiger partial charge >= 0.3 is 11.7 Å². The minimum atomic E-state index is -0.350. The van der Waals surface area contributed by atoms with E-state index in [9.17, 15) is 14.4 Å². The van der Waals surface area contributed by atoms with Crippen molar-refractivity contribution in [2.24, 2.45) is 0 Å². The van der Waals surface area contributed by atoms with Crippen molar-refractivity contribution in [2.75, 3.05) is 6.61 Å². The first kappa shape index (κ1) is 20.9. The van der Waals surface area contributed by atoms with Gasteiger partial charge in [0.05, 0.1) is 6.61 Å². The van der Waals surface area contributed by atoms with E-state index in [0.717, 1.165) is 44.9 Å². The Morgan fingerprint density at radius 2 is 1.76 bits per heavy atom. The van der Waals surface area contributed by atoms with Gasteiger partial charge < -0.3 is 9.30 Å². The lowest BCUT2D eigenvalue weighted by Gasteiger charge is -2.10. The van der Waals surface area contributed by atoms with E-state index in [0.29, 0.717) is 25.3 Å². The molecule has 0 aliphatic carbocycles. The molecule has 1 heterocycles. The first-order valence-corrected chi connectivity index (χ1v) is 9.10. The minimum absolute atomic E-state index is 0.223. The maximum absolute atomic E-state index is 12.3. The molecule has 6 nitrogen and oxygen atoms in total. The Morgan fingerprint density at radius 3 is 2.44 bits per heavy atom. The fourth-order valence-electron chi connectivity index (χ4n) is 2.48. The van der Waals surface area contributed by atoms with Crippen molar-refractivity contribution in [1.82, 2.24) is 9.13 Å². The van der Waals surface area contributed by atoms with E-state index in [-0.39, 0.29) is 17.2 Å². The molecule has 0 aromatic carbocycles. The zero-order valence-corrected chi connectivity index (χ0v) is 15.5. The van der Waals surface area contributed by atoms with Gasteiger partial charge in [-0.15, -0.1) is 0 Å². The molecule has 0 bridgehead atoms. The molecule has 6 heteroatoms. The molecule has 0 aliphatic rings. The quantitative estimate of drug-likeness (QED) is 0.330. The summed E-state index contributed by atoms with van der Waals surface area (Å²) in [4.78, 5) is 35.4. The summed E-state index contributed by atoms with van der Waals surface area (Å²) in [5.74, 6) is -0.350. The van der Waals surface area contributed by atoms with E-state index in [4.69, 9.17) is 4.74 Å². The highest BCUT2D eigenvalue weighted by molar-refractivity contribution is 5.86. The number of nitrogens with zero attached hydrogens (tertiary/aromatic N) is 2. The fraction of sp³-hybridized carbons (Fsp3) is 0.632. The Labute approximate surface area is 149 Å². The van der Waals surface area contributed by atoms with Crippen LogP contribution in [0.3, 0.4) is 0 Å². The van der Waals surface area contributed by atoms with Gasteiger partial charge in [-0.3, -0.25) is 9.36 Å². The van der Waals surface area contributed by atoms with Crippen LogP contribution in [0.2, 0.25) is 0 Å². The number of carbonyl (C=O) groups is 1. The van der Waals surface area contributed by atoms with Crippen LogP contribution in [0.25, 0.3) is 0 Å². The van der Waals surface area contributed by atoms with Gasteiger partial charge in [0.1, 0.15) is 0 Å². The van der Waals surface area contributed by atoms with Crippen LogP contribution < -0.4 is 11.2 Å². The van der Waals surface area contributed by atoms with Crippen LogP contribution in [0, 0.1) is 0 Å². The van der Waals surface area contributed by atoms with Gasteiger partial charge in [-0.25, -0.2) is 9.59 Å². The number of unbranched alkanes of at least 4 members (excludes halogenated alkanes) is 5. The molecule has 0 amide bonds. The molecule has 0 saturated heterocycles. The summed E-state index contributed by atoms with van der Waals surface area (Å²) in [6.07, 6.45) is 7.99. The molecule has 25 heavy (non-hydrogen) atoms. The van der Waals surface area contributed by atoms with Crippen LogP contribution in [0.15, 0.2) is 34.0 Å². The summed E-state index contributed by atoms with van der Waals surface area (Å²) in [7, 11) is 0. The van der Waals surface area contributed by atoms with Gasteiger partial charge in [0.25, 0.3) is 5.56 Å². The molecular formula is C19H30N2O4. The molecular weight excluding hydrogens is 320 g/mol. The minimum Gasteiger partial charge on any atom is -0.462 e. The fourth-order valence-corrected chi connectivity index (χ4v) is 2.48. The third kappa shape index (κ3) is 7.54. The van der Waals surface area contributed by atoms with Crippen molar-refractivity contribution >= 4 is 5.97 Å². The molecule has 0 aliphatic heterocycles. The summed E-state index contributed by atoms with van der Waals surface area (Å²) >= 11 is 0. The number of carbonyl (C=O) groups excluding carboxylic acids is 1. The molecule has 0 atom stereocenters. The molecule has 0 N–H and O–H groups in total. The van der Waals surface area contributed by atoms with Crippen LogP contribution in [-0.4, -0.2) is 21.7 Å². The number of hydrogen-bond donors (Lipinski definition) is 0. The summed E-state index contributed by atoms with van der Waals surface area (Å²) in [6, 6.07) is 1.46. The predicted octanol–water partition coefficient (Wildman–Crippen LogP) is 2.88. The van der Waals surface area contributed by atoms with E-state index in [1.54, 1.807) is 17.7 Å². The van der Waals surface area contributed by atoms with E-state index < -0.39 is 0 Å². The molecule has 1 aromatic heterocycles. The Kier molecular flexibility index (Phi) is 9.58. The van der Waals surface area contributed by atoms with E-state index >= 15 is 0 Å². The molecule has 140 valence electrons. The van der Waals surface area contributed by atoms with E-state index in [1.165, 1.54) is 10.6 Å². The lowest BCUT2D eigenvalue weighted by atomic mass is 10.2. The van der Waals surface area contributed by atoms with Crippen molar-refractivity contribution in [3.05, 3.63) is 45.3 Å². The molecule has 1 aromatic rings. The van der Waals surface area contributed by atoms with Crippen LogP contribution in [-0.2, 0) is 22.6 Å². The van der Waals surface area contributed by atoms with Crippen LogP contribution >= 0.6 is 0 Å². The van der Waals surface area contributed by atoms with Crippen molar-refractivity contribution in [2.45, 2.75) is 71.9 Å². The maximum Gasteiger partial charge on any atom is 0.333 e. The van der Waals surface area contributed by atoms with Gasteiger partial charge in [0, 0.05) is 30.9 Å². The van der Waals surface area contributed by atoms with E-state index in [2.05, 4.69) is 13.5 Å². The average molecular weight is 350 g/mol. The first-order valence-electron chi connectivity index (χ1n) is 9.10. The van der Waals surface area contributed by atoms with Crippen LogP contribution in [0.4, 0.5) is 0 Å². The lowest BCUT2D eigenvalue weighted by molar-refractivity contribution is -0.139. The highest BCUT2D eigenvalue weighted by atomic mass is 16.5. The molecule has 0 saturated carbocycles. The standard InChI is InChI=1S/C19H30N2O4/c1-4-5-8-13-21-17(22)11-14-20(19(21)24)12-9-6-7-10-15-25-18(23)16(2)3/h11,14H,2,4-10,12-13,15H2,1,3H3.